The number of carbonyl (C=O) groups excluding carboxylic acids is 1. The van der Waals surface area contributed by atoms with E-state index in [1.165, 1.54) is 54.0 Å². The number of nitrogens with zero attached hydrogens (tertiary/aromatic N) is 4. The minimum atomic E-state index is -3.73. The van der Waals surface area contributed by atoms with Crippen LogP contribution in [0.15, 0.2) is 66.2 Å². The van der Waals surface area contributed by atoms with Crippen LogP contribution in [0.1, 0.15) is 24.5 Å². The summed E-state index contributed by atoms with van der Waals surface area (Å²) in [7, 11) is -3.73. The summed E-state index contributed by atoms with van der Waals surface area (Å²) >= 11 is 0. The van der Waals surface area contributed by atoms with Gasteiger partial charge in [0.1, 0.15) is 17.9 Å². The zero-order valence-corrected chi connectivity index (χ0v) is 19.3. The van der Waals surface area contributed by atoms with Crippen LogP contribution in [0.3, 0.4) is 0 Å². The normalized spacial score (nSPS) is 18.1. The third-order valence-corrected chi connectivity index (χ3v) is 5.83. The van der Waals surface area contributed by atoms with E-state index in [4.69, 9.17) is 9.92 Å². The van der Waals surface area contributed by atoms with Crippen LogP contribution in [0.2, 0.25) is 0 Å². The number of aromatic nitrogens is 2. The third-order valence-electron chi connectivity index (χ3n) is 5.34. The largest absolute Gasteiger partial charge is 0.383 e. The molecule has 1 atom stereocenters. The van der Waals surface area contributed by atoms with Gasteiger partial charge in [-0.05, 0) is 41.8 Å². The number of hydrogen-bond donors (Lipinski definition) is 1. The second-order valence-corrected chi connectivity index (χ2v) is 9.35. The lowest BCUT2D eigenvalue weighted by Crippen LogP contribution is -2.43. The van der Waals surface area contributed by atoms with E-state index in [2.05, 4.69) is 15.0 Å². The van der Waals surface area contributed by atoms with Crippen molar-refractivity contribution in [1.82, 2.24) is 14.9 Å². The molecule has 1 aliphatic rings. The number of benzene rings is 2. The number of aliphatic imine (C=N–C) groups is 1. The molecule has 34 heavy (non-hydrogen) atoms. The molecule has 3 aromatic rings. The smallest absolute Gasteiger partial charge is 0.306 e. The van der Waals surface area contributed by atoms with Crippen LogP contribution in [0.25, 0.3) is 11.1 Å². The van der Waals surface area contributed by atoms with Gasteiger partial charge in [0.15, 0.2) is 11.5 Å². The molecule has 2 heterocycles. The van der Waals surface area contributed by atoms with E-state index in [1.807, 2.05) is 6.92 Å². The van der Waals surface area contributed by atoms with Crippen molar-refractivity contribution >= 4 is 22.0 Å². The van der Waals surface area contributed by atoms with E-state index in [-0.39, 0.29) is 17.3 Å². The molecule has 0 radical (unpaired) electrons. The summed E-state index contributed by atoms with van der Waals surface area (Å²) in [4.78, 5) is 27.6. The molecule has 1 aromatic heterocycles. The highest BCUT2D eigenvalue weighted by Crippen LogP contribution is 2.42. The zero-order chi connectivity index (χ0) is 24.5. The van der Waals surface area contributed by atoms with Crippen LogP contribution in [0, 0.1) is 5.82 Å². The second-order valence-electron chi connectivity index (χ2n) is 7.77. The highest BCUT2D eigenvalue weighted by molar-refractivity contribution is 7.86. The summed E-state index contributed by atoms with van der Waals surface area (Å²) in [5.74, 6) is -0.795. The number of halogens is 1. The Balaban J connectivity index is 1.90. The molecule has 1 aliphatic heterocycles. The fourth-order valence-electron chi connectivity index (χ4n) is 3.90. The van der Waals surface area contributed by atoms with Crippen LogP contribution in [0.5, 0.6) is 5.75 Å². The highest BCUT2D eigenvalue weighted by atomic mass is 32.2. The van der Waals surface area contributed by atoms with Crippen LogP contribution in [-0.2, 0) is 20.5 Å². The number of hydrogen-bond acceptors (Lipinski definition) is 8. The fraction of sp³-hybridized carbons (Fsp3) is 0.217. The summed E-state index contributed by atoms with van der Waals surface area (Å²) in [6, 6.07) is 10.2. The van der Waals surface area contributed by atoms with E-state index in [0.717, 1.165) is 6.26 Å². The first kappa shape index (κ1) is 23.3. The van der Waals surface area contributed by atoms with Gasteiger partial charge < -0.3 is 9.92 Å². The molecule has 0 spiro atoms. The standard InChI is InChI=1S/C23H22FN5O4S/c1-3-10-29-21(30)23(28-22(29)25,16-4-7-18(8-5-16)33-34(2,31)32)17-6-9-20(24)19(11-17)15-12-26-14-27-13-15/h4-9,11-14H,3,10H2,1-2H3,(H2,25,28). The maximum atomic E-state index is 14.8. The molecule has 176 valence electrons. The molecule has 0 bridgehead atoms. The average Bonchev–Trinajstić information content (AvgIpc) is 3.05. The average molecular weight is 484 g/mol. The predicted molar refractivity (Wildman–Crippen MR) is 124 cm³/mol. The minimum Gasteiger partial charge on any atom is -0.383 e. The quantitative estimate of drug-likeness (QED) is 0.511. The van der Waals surface area contributed by atoms with E-state index in [9.17, 15) is 17.6 Å². The molecule has 0 saturated heterocycles. The third kappa shape index (κ3) is 4.21. The first-order chi connectivity index (χ1) is 16.2. The van der Waals surface area contributed by atoms with Gasteiger partial charge in [-0.1, -0.05) is 25.1 Å². The van der Waals surface area contributed by atoms with Gasteiger partial charge in [0.25, 0.3) is 5.91 Å². The molecule has 4 rings (SSSR count). The minimum absolute atomic E-state index is 0.0391. The van der Waals surface area contributed by atoms with Crippen molar-refractivity contribution in [2.75, 3.05) is 12.8 Å². The monoisotopic (exact) mass is 483 g/mol. The molecule has 0 aliphatic carbocycles. The zero-order valence-electron chi connectivity index (χ0n) is 18.5. The molecule has 2 aromatic carbocycles. The maximum absolute atomic E-state index is 14.8. The molecular formula is C23H22FN5O4S. The SMILES string of the molecule is CCCN1C(=O)C(c2ccc(OS(C)(=O)=O)cc2)(c2ccc(F)c(-c3cncnc3)c2)N=C1N. The molecule has 0 saturated carbocycles. The van der Waals surface area contributed by atoms with Gasteiger partial charge in [0.05, 0.1) is 6.26 Å². The first-order valence-corrected chi connectivity index (χ1v) is 12.2. The molecule has 9 nitrogen and oxygen atoms in total. The first-order valence-electron chi connectivity index (χ1n) is 10.4. The van der Waals surface area contributed by atoms with Gasteiger partial charge in [-0.2, -0.15) is 8.42 Å². The Morgan fingerprint density at radius 1 is 1.09 bits per heavy atom. The topological polar surface area (TPSA) is 128 Å². The number of nitrogens with two attached hydrogens (primary N) is 1. The second kappa shape index (κ2) is 8.82. The Hall–Kier alpha value is -3.86. The lowest BCUT2D eigenvalue weighted by molar-refractivity contribution is -0.130. The Labute approximate surface area is 196 Å². The van der Waals surface area contributed by atoms with Crippen LogP contribution in [0.4, 0.5) is 4.39 Å². The Kier molecular flexibility index (Phi) is 6.05. The summed E-state index contributed by atoms with van der Waals surface area (Å²) in [6.07, 6.45) is 5.85. The van der Waals surface area contributed by atoms with Crippen LogP contribution < -0.4 is 9.92 Å². The van der Waals surface area contributed by atoms with Gasteiger partial charge in [0, 0.05) is 30.1 Å². The van der Waals surface area contributed by atoms with Gasteiger partial charge in [0.2, 0.25) is 0 Å². The fourth-order valence-corrected chi connectivity index (χ4v) is 4.36. The van der Waals surface area contributed by atoms with Crippen molar-refractivity contribution in [3.63, 3.8) is 0 Å². The van der Waals surface area contributed by atoms with Crippen LogP contribution in [-0.4, -0.2) is 48.0 Å². The molecule has 2 N–H and O–H groups in total. The Bertz CT molecular complexity index is 1360. The van der Waals surface area contributed by atoms with Crippen molar-refractivity contribution in [3.8, 4) is 16.9 Å². The summed E-state index contributed by atoms with van der Waals surface area (Å²) in [5.41, 5.74) is 5.99. The molecule has 0 fully saturated rings. The predicted octanol–water partition coefficient (Wildman–Crippen LogP) is 2.43. The highest BCUT2D eigenvalue weighted by Gasteiger charge is 2.50. The van der Waals surface area contributed by atoms with E-state index in [1.54, 1.807) is 12.1 Å². The van der Waals surface area contributed by atoms with Crippen molar-refractivity contribution in [2.45, 2.75) is 18.9 Å². The summed E-state index contributed by atoms with van der Waals surface area (Å²) < 4.78 is 42.6. The lowest BCUT2D eigenvalue weighted by atomic mass is 9.81. The lowest BCUT2D eigenvalue weighted by Gasteiger charge is -2.27. The van der Waals surface area contributed by atoms with Gasteiger partial charge >= 0.3 is 10.1 Å². The van der Waals surface area contributed by atoms with Crippen molar-refractivity contribution in [1.29, 1.82) is 0 Å². The number of amides is 1. The number of guanidine groups is 1. The van der Waals surface area contributed by atoms with Crippen molar-refractivity contribution in [3.05, 3.63) is 78.1 Å². The van der Waals surface area contributed by atoms with E-state index in [0.29, 0.717) is 29.7 Å². The van der Waals surface area contributed by atoms with Crippen molar-refractivity contribution < 1.29 is 21.8 Å². The van der Waals surface area contributed by atoms with Gasteiger partial charge in [-0.3, -0.25) is 9.69 Å². The van der Waals surface area contributed by atoms with Crippen LogP contribution >= 0.6 is 0 Å². The van der Waals surface area contributed by atoms with Crippen molar-refractivity contribution in [2.24, 2.45) is 10.7 Å². The molecular weight excluding hydrogens is 461 g/mol. The Morgan fingerprint density at radius 3 is 2.35 bits per heavy atom. The number of carbonyl (C=O) groups is 1. The molecule has 11 heteroatoms. The molecule has 1 amide bonds. The van der Waals surface area contributed by atoms with Gasteiger partial charge in [-0.25, -0.2) is 19.4 Å². The van der Waals surface area contributed by atoms with E-state index < -0.39 is 27.4 Å². The van der Waals surface area contributed by atoms with Gasteiger partial charge in [-0.15, -0.1) is 0 Å². The molecule has 1 unspecified atom stereocenters. The Morgan fingerprint density at radius 2 is 1.74 bits per heavy atom. The number of rotatable bonds is 7. The summed E-state index contributed by atoms with van der Waals surface area (Å²) in [6.45, 7) is 2.26. The maximum Gasteiger partial charge on any atom is 0.306 e. The van der Waals surface area contributed by atoms with E-state index >= 15 is 0 Å². The summed E-state index contributed by atoms with van der Waals surface area (Å²) in [5, 5.41) is 0.